The summed E-state index contributed by atoms with van der Waals surface area (Å²) in [6.07, 6.45) is 9.18. The Morgan fingerprint density at radius 2 is 2.03 bits per heavy atom. The molecule has 0 atom stereocenters. The minimum Gasteiger partial charge on any atom is -0.357 e. The summed E-state index contributed by atoms with van der Waals surface area (Å²) < 4.78 is 0. The first-order valence-electron chi connectivity index (χ1n) is 10.7. The molecule has 1 fully saturated rings. The number of aryl methyl sites for hydroxylation is 3. The molecule has 8 heteroatoms. The van der Waals surface area contributed by atoms with Gasteiger partial charge in [-0.15, -0.1) is 11.3 Å². The average Bonchev–Trinajstić information content (AvgIpc) is 3.34. The third-order valence-electron chi connectivity index (χ3n) is 5.92. The minimum absolute atomic E-state index is 0.0766. The van der Waals surface area contributed by atoms with Crippen LogP contribution in [0.4, 0.5) is 11.5 Å². The van der Waals surface area contributed by atoms with Crippen LogP contribution < -0.4 is 15.8 Å². The Kier molecular flexibility index (Phi) is 5.25. The number of nitrogens with zero attached hydrogens (tertiary/aromatic N) is 3. The Hall–Kier alpha value is -2.74. The molecule has 1 aliphatic carbocycles. The molecule has 3 aromatic rings. The topological polar surface area (TPSA) is 91.0 Å². The van der Waals surface area contributed by atoms with Gasteiger partial charge in [-0.25, -0.2) is 9.97 Å². The van der Waals surface area contributed by atoms with E-state index in [0.29, 0.717) is 17.9 Å². The number of hydrogen-bond donors (Lipinski definition) is 2. The van der Waals surface area contributed by atoms with Crippen LogP contribution in [-0.4, -0.2) is 33.9 Å². The molecule has 3 aromatic heterocycles. The zero-order valence-corrected chi connectivity index (χ0v) is 17.7. The molecule has 0 bridgehead atoms. The number of hydrogen-bond acceptors (Lipinski definition) is 6. The second-order valence-corrected chi connectivity index (χ2v) is 9.13. The highest BCUT2D eigenvalue weighted by Crippen LogP contribution is 2.34. The number of aromatic amines is 1. The van der Waals surface area contributed by atoms with Crippen molar-refractivity contribution in [3.8, 4) is 0 Å². The summed E-state index contributed by atoms with van der Waals surface area (Å²) in [5.74, 6) is 1.42. The molecule has 0 radical (unpaired) electrons. The van der Waals surface area contributed by atoms with E-state index >= 15 is 0 Å². The SMILES string of the molecule is O=C(CCc1nc2sc3c(c2c(=O)[nH]1)CCC3)Nc1ccc(N2CCCCC2)nc1. The molecular formula is C22H25N5O2S. The van der Waals surface area contributed by atoms with Gasteiger partial charge >= 0.3 is 0 Å². The van der Waals surface area contributed by atoms with Crippen LogP contribution in [0.2, 0.25) is 0 Å². The standard InChI is InChI=1S/C22H25N5O2S/c28-19(24-14-7-9-18(23-13-14)27-11-2-1-3-12-27)10-8-17-25-21(29)20-15-5-4-6-16(15)30-22(20)26-17/h7,9,13H,1-6,8,10-12H2,(H,24,28)(H,25,26,29). The van der Waals surface area contributed by atoms with Crippen LogP contribution in [0.3, 0.4) is 0 Å². The van der Waals surface area contributed by atoms with Crippen molar-refractivity contribution in [1.82, 2.24) is 15.0 Å². The number of carbonyl (C=O) groups excluding carboxylic acids is 1. The highest BCUT2D eigenvalue weighted by atomic mass is 32.1. The second-order valence-electron chi connectivity index (χ2n) is 8.05. The zero-order valence-electron chi connectivity index (χ0n) is 16.9. The van der Waals surface area contributed by atoms with Crippen molar-refractivity contribution in [2.75, 3.05) is 23.3 Å². The number of H-pyrrole nitrogens is 1. The molecule has 7 nitrogen and oxygen atoms in total. The van der Waals surface area contributed by atoms with E-state index in [1.165, 1.54) is 29.7 Å². The van der Waals surface area contributed by atoms with Crippen molar-refractivity contribution in [2.45, 2.75) is 51.4 Å². The van der Waals surface area contributed by atoms with E-state index in [0.717, 1.165) is 48.4 Å². The van der Waals surface area contributed by atoms with Gasteiger partial charge in [-0.3, -0.25) is 9.59 Å². The number of nitrogens with one attached hydrogen (secondary N) is 2. The first-order valence-corrected chi connectivity index (χ1v) is 11.5. The number of rotatable bonds is 5. The monoisotopic (exact) mass is 423 g/mol. The van der Waals surface area contributed by atoms with Gasteiger partial charge < -0.3 is 15.2 Å². The highest BCUT2D eigenvalue weighted by Gasteiger charge is 2.21. The third kappa shape index (κ3) is 3.84. The summed E-state index contributed by atoms with van der Waals surface area (Å²) in [5.41, 5.74) is 1.79. The van der Waals surface area contributed by atoms with E-state index in [1.54, 1.807) is 17.5 Å². The highest BCUT2D eigenvalue weighted by molar-refractivity contribution is 7.18. The van der Waals surface area contributed by atoms with Crippen LogP contribution in [0.5, 0.6) is 0 Å². The van der Waals surface area contributed by atoms with Crippen LogP contribution in [0.15, 0.2) is 23.1 Å². The molecule has 1 aliphatic heterocycles. The molecule has 0 unspecified atom stereocenters. The first kappa shape index (κ1) is 19.2. The fraction of sp³-hybridized carbons (Fsp3) is 0.455. The van der Waals surface area contributed by atoms with Gasteiger partial charge in [-0.05, 0) is 56.2 Å². The molecule has 0 aromatic carbocycles. The molecule has 1 amide bonds. The quantitative estimate of drug-likeness (QED) is 0.656. The lowest BCUT2D eigenvalue weighted by Gasteiger charge is -2.27. The van der Waals surface area contributed by atoms with E-state index in [9.17, 15) is 9.59 Å². The van der Waals surface area contributed by atoms with Crippen molar-refractivity contribution < 1.29 is 4.79 Å². The Morgan fingerprint density at radius 3 is 2.83 bits per heavy atom. The molecule has 30 heavy (non-hydrogen) atoms. The van der Waals surface area contributed by atoms with Crippen molar-refractivity contribution in [2.24, 2.45) is 0 Å². The van der Waals surface area contributed by atoms with Crippen LogP contribution in [0, 0.1) is 0 Å². The predicted octanol–water partition coefficient (Wildman–Crippen LogP) is 3.43. The van der Waals surface area contributed by atoms with Gasteiger partial charge in [0.1, 0.15) is 16.5 Å². The molecule has 5 rings (SSSR count). The van der Waals surface area contributed by atoms with E-state index in [2.05, 4.69) is 25.2 Å². The van der Waals surface area contributed by atoms with Crippen molar-refractivity contribution in [3.63, 3.8) is 0 Å². The summed E-state index contributed by atoms with van der Waals surface area (Å²) in [6.45, 7) is 2.09. The van der Waals surface area contributed by atoms with E-state index in [-0.39, 0.29) is 17.9 Å². The largest absolute Gasteiger partial charge is 0.357 e. The zero-order chi connectivity index (χ0) is 20.5. The molecule has 0 spiro atoms. The van der Waals surface area contributed by atoms with Crippen LogP contribution in [-0.2, 0) is 24.1 Å². The van der Waals surface area contributed by atoms with Gasteiger partial charge in [0, 0.05) is 30.8 Å². The van der Waals surface area contributed by atoms with Crippen LogP contribution in [0.25, 0.3) is 10.2 Å². The summed E-state index contributed by atoms with van der Waals surface area (Å²) in [7, 11) is 0. The number of carbonyl (C=O) groups is 1. The Labute approximate surface area is 178 Å². The van der Waals surface area contributed by atoms with Gasteiger partial charge in [0.25, 0.3) is 5.56 Å². The number of pyridine rings is 1. The molecule has 2 aliphatic rings. The van der Waals surface area contributed by atoms with Crippen molar-refractivity contribution in [1.29, 1.82) is 0 Å². The molecule has 156 valence electrons. The number of fused-ring (bicyclic) bond motifs is 3. The van der Waals surface area contributed by atoms with Crippen molar-refractivity contribution >= 4 is 39.0 Å². The van der Waals surface area contributed by atoms with Crippen molar-refractivity contribution in [3.05, 3.63) is 44.9 Å². The summed E-state index contributed by atoms with van der Waals surface area (Å²) >= 11 is 1.62. The second kappa shape index (κ2) is 8.18. The van der Waals surface area contributed by atoms with Gasteiger partial charge in [0.2, 0.25) is 5.91 Å². The van der Waals surface area contributed by atoms with E-state index < -0.39 is 0 Å². The van der Waals surface area contributed by atoms with E-state index in [4.69, 9.17) is 0 Å². The Bertz CT molecular complexity index is 1130. The molecule has 2 N–H and O–H groups in total. The molecule has 0 saturated carbocycles. The number of aromatic nitrogens is 3. The lowest BCUT2D eigenvalue weighted by atomic mass is 10.1. The lowest BCUT2D eigenvalue weighted by Crippen LogP contribution is -2.30. The Balaban J connectivity index is 1.20. The van der Waals surface area contributed by atoms with Crippen LogP contribution >= 0.6 is 11.3 Å². The molecule has 1 saturated heterocycles. The van der Waals surface area contributed by atoms with Gasteiger partial charge in [0.05, 0.1) is 17.3 Å². The van der Waals surface area contributed by atoms with Gasteiger partial charge in [-0.2, -0.15) is 0 Å². The maximum Gasteiger partial charge on any atom is 0.259 e. The number of thiophene rings is 1. The Morgan fingerprint density at radius 1 is 1.17 bits per heavy atom. The fourth-order valence-corrected chi connectivity index (χ4v) is 5.67. The number of amides is 1. The van der Waals surface area contributed by atoms with Gasteiger partial charge in [-0.1, -0.05) is 0 Å². The third-order valence-corrected chi connectivity index (χ3v) is 7.11. The minimum atomic E-state index is -0.112. The fourth-order valence-electron chi connectivity index (χ4n) is 4.39. The number of anilines is 2. The maximum absolute atomic E-state index is 12.5. The maximum atomic E-state index is 12.5. The molecular weight excluding hydrogens is 398 g/mol. The first-order chi connectivity index (χ1) is 14.7. The summed E-state index contributed by atoms with van der Waals surface area (Å²) in [4.78, 5) is 41.2. The summed E-state index contributed by atoms with van der Waals surface area (Å²) in [6, 6.07) is 3.86. The average molecular weight is 424 g/mol. The van der Waals surface area contributed by atoms with E-state index in [1.807, 2.05) is 12.1 Å². The molecule has 4 heterocycles. The smallest absolute Gasteiger partial charge is 0.259 e. The lowest BCUT2D eigenvalue weighted by molar-refractivity contribution is -0.116. The normalized spacial score (nSPS) is 16.1. The van der Waals surface area contributed by atoms with Crippen LogP contribution in [0.1, 0.15) is 48.4 Å². The predicted molar refractivity (Wildman–Crippen MR) is 120 cm³/mol. The summed E-state index contributed by atoms with van der Waals surface area (Å²) in [5, 5.41) is 3.64. The number of piperidine rings is 1. The van der Waals surface area contributed by atoms with Gasteiger partial charge in [0.15, 0.2) is 0 Å².